The molecule has 0 saturated carbocycles. The molecule has 0 saturated heterocycles. The summed E-state index contributed by atoms with van der Waals surface area (Å²) in [6, 6.07) is 8.89. The van der Waals surface area contributed by atoms with Gasteiger partial charge in [-0.1, -0.05) is 12.1 Å². The number of halogens is 1. The van der Waals surface area contributed by atoms with Gasteiger partial charge >= 0.3 is 0 Å². The second-order valence-corrected chi connectivity index (χ2v) is 3.02. The van der Waals surface area contributed by atoms with Crippen molar-refractivity contribution in [3.05, 3.63) is 36.5 Å². The number of phenolic OH excluding ortho intramolecular Hbond substituents is 1. The maximum absolute atomic E-state index is 9.48. The van der Waals surface area contributed by atoms with E-state index in [2.05, 4.69) is 10.4 Å². The smallest absolute Gasteiger partial charge is 0.152 e. The molecule has 15 heavy (non-hydrogen) atoms. The number of aromatic nitrogens is 2. The number of phenols is 1. The summed E-state index contributed by atoms with van der Waals surface area (Å²) < 4.78 is 1.70. The van der Waals surface area contributed by atoms with Crippen molar-refractivity contribution in [2.75, 3.05) is 5.32 Å². The molecule has 5 heteroatoms. The van der Waals surface area contributed by atoms with Gasteiger partial charge in [0.05, 0.1) is 5.69 Å². The largest absolute Gasteiger partial charge is 0.506 e. The molecule has 0 bridgehead atoms. The molecule has 2 rings (SSSR count). The highest BCUT2D eigenvalue weighted by molar-refractivity contribution is 5.85. The highest BCUT2D eigenvalue weighted by Gasteiger charge is 2.00. The fourth-order valence-corrected chi connectivity index (χ4v) is 1.20. The number of hydrogen-bond donors (Lipinski definition) is 2. The van der Waals surface area contributed by atoms with E-state index in [1.54, 1.807) is 22.9 Å². The lowest BCUT2D eigenvalue weighted by molar-refractivity contribution is 0.477. The van der Waals surface area contributed by atoms with Crippen molar-refractivity contribution in [1.82, 2.24) is 9.78 Å². The molecular formula is C10H12ClN3O. The van der Waals surface area contributed by atoms with Crippen molar-refractivity contribution >= 4 is 23.9 Å². The molecule has 0 spiro atoms. The SMILES string of the molecule is Cl.Cn1ccc(Nc2ccccc2O)n1. The molecule has 0 aliphatic heterocycles. The number of rotatable bonds is 2. The fourth-order valence-electron chi connectivity index (χ4n) is 1.20. The summed E-state index contributed by atoms with van der Waals surface area (Å²) in [5, 5.41) is 16.6. The minimum Gasteiger partial charge on any atom is -0.506 e. The number of nitrogens with one attached hydrogen (secondary N) is 1. The summed E-state index contributed by atoms with van der Waals surface area (Å²) >= 11 is 0. The minimum atomic E-state index is 0. The van der Waals surface area contributed by atoms with Gasteiger partial charge in [0.15, 0.2) is 5.82 Å². The Morgan fingerprint density at radius 1 is 1.27 bits per heavy atom. The van der Waals surface area contributed by atoms with Crippen molar-refractivity contribution < 1.29 is 5.11 Å². The van der Waals surface area contributed by atoms with Gasteiger partial charge in [0.25, 0.3) is 0 Å². The zero-order valence-electron chi connectivity index (χ0n) is 8.21. The lowest BCUT2D eigenvalue weighted by Crippen LogP contribution is -1.93. The maximum atomic E-state index is 9.48. The monoisotopic (exact) mass is 225 g/mol. The van der Waals surface area contributed by atoms with Gasteiger partial charge in [-0.2, -0.15) is 5.10 Å². The van der Waals surface area contributed by atoms with E-state index in [1.807, 2.05) is 25.4 Å². The summed E-state index contributed by atoms with van der Waals surface area (Å²) in [5.74, 6) is 0.937. The molecule has 0 radical (unpaired) electrons. The number of para-hydroxylation sites is 2. The van der Waals surface area contributed by atoms with Crippen LogP contribution in [0.3, 0.4) is 0 Å². The highest BCUT2D eigenvalue weighted by Crippen LogP contribution is 2.24. The molecule has 1 aromatic carbocycles. The highest BCUT2D eigenvalue weighted by atomic mass is 35.5. The Morgan fingerprint density at radius 3 is 2.60 bits per heavy atom. The molecule has 80 valence electrons. The molecular weight excluding hydrogens is 214 g/mol. The van der Waals surface area contributed by atoms with Crippen LogP contribution in [-0.2, 0) is 7.05 Å². The third kappa shape index (κ3) is 2.63. The summed E-state index contributed by atoms with van der Waals surface area (Å²) in [6.45, 7) is 0. The maximum Gasteiger partial charge on any atom is 0.152 e. The first-order valence-corrected chi connectivity index (χ1v) is 4.30. The van der Waals surface area contributed by atoms with E-state index in [4.69, 9.17) is 0 Å². The fraction of sp³-hybridized carbons (Fsp3) is 0.100. The third-order valence-corrected chi connectivity index (χ3v) is 1.88. The van der Waals surface area contributed by atoms with Gasteiger partial charge in [0.2, 0.25) is 0 Å². The first kappa shape index (κ1) is 11.4. The molecule has 0 aliphatic carbocycles. The summed E-state index contributed by atoms with van der Waals surface area (Å²) in [5.41, 5.74) is 0.659. The van der Waals surface area contributed by atoms with Crippen LogP contribution in [0.25, 0.3) is 0 Å². The van der Waals surface area contributed by atoms with Gasteiger partial charge in [-0.05, 0) is 12.1 Å². The van der Waals surface area contributed by atoms with Crippen LogP contribution >= 0.6 is 12.4 Å². The van der Waals surface area contributed by atoms with Crippen LogP contribution in [-0.4, -0.2) is 14.9 Å². The lowest BCUT2D eigenvalue weighted by atomic mass is 10.3. The Bertz CT molecular complexity index is 442. The van der Waals surface area contributed by atoms with E-state index in [1.165, 1.54) is 0 Å². The zero-order valence-corrected chi connectivity index (χ0v) is 9.03. The molecule has 0 fully saturated rings. The Kier molecular flexibility index (Phi) is 3.57. The summed E-state index contributed by atoms with van der Waals surface area (Å²) in [6.07, 6.45) is 1.84. The lowest BCUT2D eigenvalue weighted by Gasteiger charge is -2.04. The molecule has 1 aromatic heterocycles. The number of nitrogens with zero attached hydrogens (tertiary/aromatic N) is 2. The van der Waals surface area contributed by atoms with Crippen LogP contribution in [0, 0.1) is 0 Å². The van der Waals surface area contributed by atoms with Crippen molar-refractivity contribution in [3.8, 4) is 5.75 Å². The Labute approximate surface area is 94.0 Å². The normalized spacial score (nSPS) is 9.40. The van der Waals surface area contributed by atoms with Crippen molar-refractivity contribution in [1.29, 1.82) is 0 Å². The Hall–Kier alpha value is -1.68. The van der Waals surface area contributed by atoms with E-state index >= 15 is 0 Å². The number of hydrogen-bond acceptors (Lipinski definition) is 3. The topological polar surface area (TPSA) is 50.1 Å². The van der Waals surface area contributed by atoms with Gasteiger partial charge in [-0.3, -0.25) is 4.68 Å². The van der Waals surface area contributed by atoms with Gasteiger partial charge in [-0.15, -0.1) is 12.4 Å². The molecule has 0 amide bonds. The van der Waals surface area contributed by atoms with E-state index in [0.717, 1.165) is 0 Å². The average Bonchev–Trinajstić information content (AvgIpc) is 2.56. The first-order valence-electron chi connectivity index (χ1n) is 4.30. The standard InChI is InChI=1S/C10H11N3O.ClH/c1-13-7-6-10(12-13)11-8-4-2-3-5-9(8)14;/h2-7,14H,1H3,(H,11,12);1H. The van der Waals surface area contributed by atoms with Crippen molar-refractivity contribution in [2.24, 2.45) is 7.05 Å². The second-order valence-electron chi connectivity index (χ2n) is 3.02. The molecule has 1 heterocycles. The molecule has 0 aliphatic rings. The van der Waals surface area contributed by atoms with Gasteiger partial charge in [0.1, 0.15) is 5.75 Å². The Morgan fingerprint density at radius 2 is 2.00 bits per heavy atom. The number of aromatic hydroxyl groups is 1. The molecule has 2 N–H and O–H groups in total. The minimum absolute atomic E-state index is 0. The van der Waals surface area contributed by atoms with E-state index in [0.29, 0.717) is 11.5 Å². The summed E-state index contributed by atoms with van der Waals surface area (Å²) in [4.78, 5) is 0. The predicted molar refractivity (Wildman–Crippen MR) is 61.8 cm³/mol. The van der Waals surface area contributed by atoms with Crippen LogP contribution in [0.5, 0.6) is 5.75 Å². The molecule has 2 aromatic rings. The zero-order chi connectivity index (χ0) is 9.97. The van der Waals surface area contributed by atoms with Crippen LogP contribution < -0.4 is 5.32 Å². The molecule has 0 unspecified atom stereocenters. The quantitative estimate of drug-likeness (QED) is 0.771. The number of aryl methyl sites for hydroxylation is 1. The number of benzene rings is 1. The van der Waals surface area contributed by atoms with Crippen LogP contribution in [0.15, 0.2) is 36.5 Å². The molecule has 4 nitrogen and oxygen atoms in total. The second kappa shape index (κ2) is 4.70. The first-order chi connectivity index (χ1) is 6.75. The number of anilines is 2. The molecule has 0 atom stereocenters. The van der Waals surface area contributed by atoms with Gasteiger partial charge in [-0.25, -0.2) is 0 Å². The van der Waals surface area contributed by atoms with Crippen molar-refractivity contribution in [2.45, 2.75) is 0 Å². The Balaban J connectivity index is 0.00000112. The predicted octanol–water partition coefficient (Wildman–Crippen LogP) is 2.29. The van der Waals surface area contributed by atoms with Gasteiger partial charge < -0.3 is 10.4 Å². The van der Waals surface area contributed by atoms with E-state index < -0.39 is 0 Å². The van der Waals surface area contributed by atoms with Crippen molar-refractivity contribution in [3.63, 3.8) is 0 Å². The van der Waals surface area contributed by atoms with Crippen LogP contribution in [0.4, 0.5) is 11.5 Å². The van der Waals surface area contributed by atoms with Crippen LogP contribution in [0.2, 0.25) is 0 Å². The van der Waals surface area contributed by atoms with E-state index in [-0.39, 0.29) is 18.2 Å². The third-order valence-electron chi connectivity index (χ3n) is 1.88. The van der Waals surface area contributed by atoms with E-state index in [9.17, 15) is 5.11 Å². The van der Waals surface area contributed by atoms with Gasteiger partial charge in [0, 0.05) is 19.3 Å². The summed E-state index contributed by atoms with van der Waals surface area (Å²) in [7, 11) is 1.84. The average molecular weight is 226 g/mol. The van der Waals surface area contributed by atoms with Crippen LogP contribution in [0.1, 0.15) is 0 Å².